The quantitative estimate of drug-likeness (QED) is 0.820. The average molecular weight is 230 g/mol. The van der Waals surface area contributed by atoms with E-state index >= 15 is 0 Å². The topological polar surface area (TPSA) is 46.2 Å². The van der Waals surface area contributed by atoms with Crippen LogP contribution in [0.3, 0.4) is 0 Å². The van der Waals surface area contributed by atoms with Gasteiger partial charge in [-0.25, -0.2) is 0 Å². The van der Waals surface area contributed by atoms with Crippen LogP contribution >= 0.6 is 15.9 Å². The first kappa shape index (κ1) is 9.55. The van der Waals surface area contributed by atoms with Gasteiger partial charge in [0.2, 0.25) is 0 Å². The first-order valence-electron chi connectivity index (χ1n) is 3.89. The number of benzene rings is 1. The van der Waals surface area contributed by atoms with Crippen molar-refractivity contribution in [3.8, 4) is 5.75 Å². The highest BCUT2D eigenvalue weighted by Crippen LogP contribution is 2.31. The minimum absolute atomic E-state index is 0.00789. The summed E-state index contributed by atoms with van der Waals surface area (Å²) < 4.78 is 0.708. The van der Waals surface area contributed by atoms with Crippen LogP contribution in [0.1, 0.15) is 24.9 Å². The number of rotatable bonds is 2. The molecule has 1 aromatic carbocycles. The van der Waals surface area contributed by atoms with Crippen molar-refractivity contribution in [3.63, 3.8) is 0 Å². The van der Waals surface area contributed by atoms with Gasteiger partial charge in [-0.2, -0.15) is 0 Å². The molecule has 66 valence electrons. The highest BCUT2D eigenvalue weighted by Gasteiger charge is 2.09. The van der Waals surface area contributed by atoms with E-state index in [0.29, 0.717) is 4.47 Å². The number of nitrogens with two attached hydrogens (primary N) is 1. The number of aromatic hydroxyl groups is 1. The molecule has 1 unspecified atom stereocenters. The van der Waals surface area contributed by atoms with Crippen molar-refractivity contribution in [2.75, 3.05) is 0 Å². The molecule has 0 aromatic heterocycles. The molecule has 0 aliphatic heterocycles. The summed E-state index contributed by atoms with van der Waals surface area (Å²) in [5.41, 5.74) is 6.78. The normalized spacial score (nSPS) is 12.9. The Morgan fingerprint density at radius 1 is 1.58 bits per heavy atom. The lowest BCUT2D eigenvalue weighted by Gasteiger charge is -2.11. The van der Waals surface area contributed by atoms with Crippen molar-refractivity contribution in [2.24, 2.45) is 5.73 Å². The fourth-order valence-electron chi connectivity index (χ4n) is 1.04. The highest BCUT2D eigenvalue weighted by molar-refractivity contribution is 9.10. The molecule has 0 radical (unpaired) electrons. The fraction of sp³-hybridized carbons (Fsp3) is 0.333. The minimum Gasteiger partial charge on any atom is -0.507 e. The molecular weight excluding hydrogens is 218 g/mol. The van der Waals surface area contributed by atoms with Gasteiger partial charge in [-0.05, 0) is 34.0 Å². The van der Waals surface area contributed by atoms with Gasteiger partial charge in [0.15, 0.2) is 0 Å². The van der Waals surface area contributed by atoms with E-state index in [1.165, 1.54) is 0 Å². The summed E-state index contributed by atoms with van der Waals surface area (Å²) in [7, 11) is 0. The van der Waals surface area contributed by atoms with Crippen LogP contribution in [0.5, 0.6) is 5.75 Å². The monoisotopic (exact) mass is 229 g/mol. The zero-order chi connectivity index (χ0) is 9.14. The molecule has 2 nitrogen and oxygen atoms in total. The Morgan fingerprint density at radius 3 is 2.83 bits per heavy atom. The number of hydrogen-bond donors (Lipinski definition) is 2. The Labute approximate surface area is 80.5 Å². The molecule has 12 heavy (non-hydrogen) atoms. The molecule has 0 amide bonds. The molecule has 0 bridgehead atoms. The van der Waals surface area contributed by atoms with Crippen molar-refractivity contribution in [2.45, 2.75) is 19.4 Å². The summed E-state index contributed by atoms with van der Waals surface area (Å²) in [6.45, 7) is 2.02. The third-order valence-corrected chi connectivity index (χ3v) is 2.71. The molecule has 0 spiro atoms. The molecule has 1 atom stereocenters. The van der Waals surface area contributed by atoms with Crippen LogP contribution in [0.15, 0.2) is 22.7 Å². The maximum Gasteiger partial charge on any atom is 0.130 e. The lowest BCUT2D eigenvalue weighted by molar-refractivity contribution is 0.469. The average Bonchev–Trinajstić information content (AvgIpc) is 2.08. The second-order valence-electron chi connectivity index (χ2n) is 2.70. The maximum absolute atomic E-state index is 9.34. The highest BCUT2D eigenvalue weighted by atomic mass is 79.9. The van der Waals surface area contributed by atoms with E-state index in [1.54, 1.807) is 12.1 Å². The Hall–Kier alpha value is -0.540. The summed E-state index contributed by atoms with van der Waals surface area (Å²) in [4.78, 5) is 0. The van der Waals surface area contributed by atoms with Crippen LogP contribution in [0.2, 0.25) is 0 Å². The second kappa shape index (κ2) is 3.92. The SMILES string of the molecule is CCC(N)c1cccc(O)c1Br. The van der Waals surface area contributed by atoms with E-state index in [2.05, 4.69) is 15.9 Å². The molecule has 3 heteroatoms. The first-order valence-corrected chi connectivity index (χ1v) is 4.69. The van der Waals surface area contributed by atoms with E-state index in [-0.39, 0.29) is 11.8 Å². The van der Waals surface area contributed by atoms with E-state index in [4.69, 9.17) is 5.73 Å². The smallest absolute Gasteiger partial charge is 0.130 e. The second-order valence-corrected chi connectivity index (χ2v) is 3.49. The molecule has 0 aliphatic rings. The Bertz CT molecular complexity index is 275. The lowest BCUT2D eigenvalue weighted by atomic mass is 10.1. The first-order chi connectivity index (χ1) is 5.66. The van der Waals surface area contributed by atoms with Crippen LogP contribution in [0.25, 0.3) is 0 Å². The number of phenolic OH excluding ortho intramolecular Hbond substituents is 1. The zero-order valence-electron chi connectivity index (χ0n) is 6.92. The van der Waals surface area contributed by atoms with Crippen molar-refractivity contribution in [1.82, 2.24) is 0 Å². The summed E-state index contributed by atoms with van der Waals surface area (Å²) in [5, 5.41) is 9.34. The van der Waals surface area contributed by atoms with E-state index in [1.807, 2.05) is 13.0 Å². The fourth-order valence-corrected chi connectivity index (χ4v) is 1.60. The van der Waals surface area contributed by atoms with Crippen LogP contribution in [0.4, 0.5) is 0 Å². The molecule has 0 fully saturated rings. The van der Waals surface area contributed by atoms with Gasteiger partial charge in [-0.1, -0.05) is 19.1 Å². The Morgan fingerprint density at radius 2 is 2.25 bits per heavy atom. The van der Waals surface area contributed by atoms with Crippen molar-refractivity contribution >= 4 is 15.9 Å². The third kappa shape index (κ3) is 1.79. The number of phenols is 1. The molecule has 3 N–H and O–H groups in total. The van der Waals surface area contributed by atoms with Crippen LogP contribution in [-0.2, 0) is 0 Å². The van der Waals surface area contributed by atoms with Gasteiger partial charge in [-0.3, -0.25) is 0 Å². The predicted molar refractivity (Wildman–Crippen MR) is 53.0 cm³/mol. The van der Waals surface area contributed by atoms with Gasteiger partial charge < -0.3 is 10.8 Å². The predicted octanol–water partition coefficient (Wildman–Crippen LogP) is 2.56. The van der Waals surface area contributed by atoms with E-state index < -0.39 is 0 Å². The van der Waals surface area contributed by atoms with Crippen LogP contribution in [0, 0.1) is 0 Å². The largest absolute Gasteiger partial charge is 0.507 e. The Kier molecular flexibility index (Phi) is 3.12. The van der Waals surface area contributed by atoms with Crippen LogP contribution < -0.4 is 5.73 Å². The van der Waals surface area contributed by atoms with Gasteiger partial charge in [0.1, 0.15) is 5.75 Å². The number of hydrogen-bond acceptors (Lipinski definition) is 2. The summed E-state index contributed by atoms with van der Waals surface area (Å²) in [6, 6.07) is 5.34. The third-order valence-electron chi connectivity index (χ3n) is 1.85. The van der Waals surface area contributed by atoms with Gasteiger partial charge in [-0.15, -0.1) is 0 Å². The summed E-state index contributed by atoms with van der Waals surface area (Å²) in [5.74, 6) is 0.247. The van der Waals surface area contributed by atoms with Crippen molar-refractivity contribution in [1.29, 1.82) is 0 Å². The molecule has 0 aliphatic carbocycles. The molecule has 0 saturated heterocycles. The molecule has 1 aromatic rings. The van der Waals surface area contributed by atoms with Crippen molar-refractivity contribution in [3.05, 3.63) is 28.2 Å². The maximum atomic E-state index is 9.34. The Balaban J connectivity index is 3.07. The minimum atomic E-state index is -0.00789. The molecular formula is C9H12BrNO. The summed E-state index contributed by atoms with van der Waals surface area (Å²) >= 11 is 3.29. The van der Waals surface area contributed by atoms with Gasteiger partial charge in [0, 0.05) is 6.04 Å². The van der Waals surface area contributed by atoms with Gasteiger partial charge in [0.05, 0.1) is 4.47 Å². The zero-order valence-corrected chi connectivity index (χ0v) is 8.51. The molecule has 0 saturated carbocycles. The summed E-state index contributed by atoms with van der Waals surface area (Å²) in [6.07, 6.45) is 0.863. The van der Waals surface area contributed by atoms with Crippen LogP contribution in [-0.4, -0.2) is 5.11 Å². The van der Waals surface area contributed by atoms with E-state index in [0.717, 1.165) is 12.0 Å². The van der Waals surface area contributed by atoms with E-state index in [9.17, 15) is 5.11 Å². The molecule has 0 heterocycles. The standard InChI is InChI=1S/C9H12BrNO/c1-2-7(11)6-4-3-5-8(12)9(6)10/h3-5,7,12H,2,11H2,1H3. The van der Waals surface area contributed by atoms with Gasteiger partial charge in [0.25, 0.3) is 0 Å². The lowest BCUT2D eigenvalue weighted by Crippen LogP contribution is -2.09. The van der Waals surface area contributed by atoms with Crippen molar-refractivity contribution < 1.29 is 5.11 Å². The number of halogens is 1. The molecule has 1 rings (SSSR count). The van der Waals surface area contributed by atoms with Gasteiger partial charge >= 0.3 is 0 Å².